The zero-order chi connectivity index (χ0) is 21.3. The first-order chi connectivity index (χ1) is 14.5. The Morgan fingerprint density at radius 2 is 1.93 bits per heavy atom. The molecule has 1 unspecified atom stereocenters. The summed E-state index contributed by atoms with van der Waals surface area (Å²) in [6.07, 6.45) is 0.365. The molecule has 156 valence electrons. The normalized spacial score (nSPS) is 16.2. The van der Waals surface area contributed by atoms with Gasteiger partial charge in [-0.25, -0.2) is 0 Å². The summed E-state index contributed by atoms with van der Waals surface area (Å²) in [4.78, 5) is 19.0. The highest BCUT2D eigenvalue weighted by Crippen LogP contribution is 2.32. The monoisotopic (exact) mass is 407 g/mol. The minimum absolute atomic E-state index is 0.0652. The second kappa shape index (κ2) is 8.18. The molecule has 1 aliphatic heterocycles. The fraction of sp³-hybridized carbons (Fsp3) is 0.348. The molecule has 30 heavy (non-hydrogen) atoms. The number of likely N-dealkylation sites (tertiary alicyclic amines) is 1. The third-order valence-corrected chi connectivity index (χ3v) is 5.63. The van der Waals surface area contributed by atoms with Crippen LogP contribution in [-0.2, 0) is 11.3 Å². The summed E-state index contributed by atoms with van der Waals surface area (Å²) in [5.74, 6) is 2.44. The lowest BCUT2D eigenvalue weighted by atomic mass is 10.1. The van der Waals surface area contributed by atoms with Gasteiger partial charge in [0, 0.05) is 42.6 Å². The van der Waals surface area contributed by atoms with Gasteiger partial charge in [-0.2, -0.15) is 4.98 Å². The fourth-order valence-corrected chi connectivity index (χ4v) is 3.68. The Balaban J connectivity index is 1.49. The molecular formula is C23H25N3O4. The Bertz CT molecular complexity index is 1080. The summed E-state index contributed by atoms with van der Waals surface area (Å²) < 4.78 is 16.2. The van der Waals surface area contributed by atoms with Crippen LogP contribution in [0.3, 0.4) is 0 Å². The second-order valence-electron chi connectivity index (χ2n) is 7.61. The zero-order valence-corrected chi connectivity index (χ0v) is 17.6. The van der Waals surface area contributed by atoms with Crippen molar-refractivity contribution in [1.29, 1.82) is 0 Å². The highest BCUT2D eigenvalue weighted by Gasteiger charge is 2.34. The molecule has 1 saturated heterocycles. The van der Waals surface area contributed by atoms with Crippen LogP contribution in [0.25, 0.3) is 11.5 Å². The molecule has 3 aromatic rings. The summed E-state index contributed by atoms with van der Waals surface area (Å²) in [6.45, 7) is 5.12. The molecule has 2 heterocycles. The number of aryl methyl sites for hydroxylation is 2. The van der Waals surface area contributed by atoms with E-state index in [1.165, 1.54) is 11.1 Å². The van der Waals surface area contributed by atoms with Gasteiger partial charge in [0.15, 0.2) is 5.82 Å². The van der Waals surface area contributed by atoms with E-state index in [0.717, 1.165) is 11.1 Å². The number of aromatic nitrogens is 2. The number of carbonyl (C=O) groups excluding carboxylic acids is 1. The average molecular weight is 407 g/mol. The molecule has 0 saturated carbocycles. The summed E-state index contributed by atoms with van der Waals surface area (Å²) in [6, 6.07) is 11.7. The first kappa shape index (κ1) is 19.9. The smallest absolute Gasteiger partial charge is 0.257 e. The number of hydrogen-bond acceptors (Lipinski definition) is 6. The van der Waals surface area contributed by atoms with E-state index in [0.29, 0.717) is 42.7 Å². The molecule has 1 aromatic heterocycles. The second-order valence-corrected chi connectivity index (χ2v) is 7.61. The molecule has 0 aliphatic carbocycles. The van der Waals surface area contributed by atoms with E-state index in [1.54, 1.807) is 19.1 Å². The highest BCUT2D eigenvalue weighted by molar-refractivity contribution is 5.79. The Hall–Kier alpha value is -3.35. The van der Waals surface area contributed by atoms with Crippen molar-refractivity contribution in [3.63, 3.8) is 0 Å². The Labute approximate surface area is 175 Å². The predicted molar refractivity (Wildman–Crippen MR) is 112 cm³/mol. The maximum absolute atomic E-state index is 12.6. The molecule has 7 nitrogen and oxygen atoms in total. The number of methoxy groups -OCH3 is 2. The van der Waals surface area contributed by atoms with Crippen LogP contribution in [0.4, 0.5) is 0 Å². The number of amides is 1. The standard InChI is InChI=1S/C23H25N3O4/c1-14-5-6-16(9-15(14)2)23-24-22(25-30-23)18-10-21(27)26(13-18)12-17-7-8-19(28-3)11-20(17)29-4/h5-9,11,18H,10,12-13H2,1-4H3. The van der Waals surface area contributed by atoms with E-state index < -0.39 is 0 Å². The minimum atomic E-state index is -0.0919. The first-order valence-corrected chi connectivity index (χ1v) is 9.88. The van der Waals surface area contributed by atoms with E-state index in [9.17, 15) is 4.79 Å². The third kappa shape index (κ3) is 3.87. The molecular weight excluding hydrogens is 382 g/mol. The lowest BCUT2D eigenvalue weighted by Crippen LogP contribution is -2.24. The van der Waals surface area contributed by atoms with Crippen molar-refractivity contribution in [3.8, 4) is 23.0 Å². The number of nitrogens with zero attached hydrogens (tertiary/aromatic N) is 3. The van der Waals surface area contributed by atoms with Gasteiger partial charge in [0.05, 0.1) is 14.2 Å². The number of hydrogen-bond donors (Lipinski definition) is 0. The minimum Gasteiger partial charge on any atom is -0.497 e. The van der Waals surface area contributed by atoms with Crippen molar-refractivity contribution in [2.75, 3.05) is 20.8 Å². The van der Waals surface area contributed by atoms with Gasteiger partial charge >= 0.3 is 0 Å². The van der Waals surface area contributed by atoms with Crippen LogP contribution in [0.1, 0.15) is 34.9 Å². The molecule has 1 atom stereocenters. The summed E-state index contributed by atoms with van der Waals surface area (Å²) >= 11 is 0. The van der Waals surface area contributed by atoms with Crippen LogP contribution < -0.4 is 9.47 Å². The highest BCUT2D eigenvalue weighted by atomic mass is 16.5. The number of ether oxygens (including phenoxy) is 2. The SMILES string of the molecule is COc1ccc(CN2CC(c3noc(-c4ccc(C)c(C)c4)n3)CC2=O)c(OC)c1. The van der Waals surface area contributed by atoms with Crippen molar-refractivity contribution >= 4 is 5.91 Å². The van der Waals surface area contributed by atoms with Crippen molar-refractivity contribution in [2.45, 2.75) is 32.7 Å². The summed E-state index contributed by atoms with van der Waals surface area (Å²) in [5, 5.41) is 4.15. The van der Waals surface area contributed by atoms with Crippen LogP contribution in [0, 0.1) is 13.8 Å². The first-order valence-electron chi connectivity index (χ1n) is 9.88. The van der Waals surface area contributed by atoms with Gasteiger partial charge in [0.1, 0.15) is 11.5 Å². The van der Waals surface area contributed by atoms with Crippen molar-refractivity contribution in [3.05, 3.63) is 58.9 Å². The van der Waals surface area contributed by atoms with Crippen LogP contribution in [0.2, 0.25) is 0 Å². The number of benzene rings is 2. The molecule has 4 rings (SSSR count). The lowest BCUT2D eigenvalue weighted by Gasteiger charge is -2.18. The Kier molecular flexibility index (Phi) is 5.44. The van der Waals surface area contributed by atoms with Crippen LogP contribution in [0.15, 0.2) is 40.9 Å². The van der Waals surface area contributed by atoms with Gasteiger partial charge in [-0.1, -0.05) is 11.2 Å². The van der Waals surface area contributed by atoms with Crippen LogP contribution in [-0.4, -0.2) is 41.7 Å². The molecule has 7 heteroatoms. The van der Waals surface area contributed by atoms with Gasteiger partial charge in [-0.15, -0.1) is 0 Å². The Morgan fingerprint density at radius 3 is 2.67 bits per heavy atom. The fourth-order valence-electron chi connectivity index (χ4n) is 3.68. The predicted octanol–water partition coefficient (Wildman–Crippen LogP) is 3.89. The van der Waals surface area contributed by atoms with Crippen molar-refractivity contribution in [1.82, 2.24) is 15.0 Å². The van der Waals surface area contributed by atoms with Gasteiger partial charge in [0.25, 0.3) is 5.89 Å². The largest absolute Gasteiger partial charge is 0.497 e. The molecule has 1 aliphatic rings. The van der Waals surface area contributed by atoms with Crippen LogP contribution in [0.5, 0.6) is 11.5 Å². The molecule has 0 bridgehead atoms. The lowest BCUT2D eigenvalue weighted by molar-refractivity contribution is -0.128. The summed E-state index contributed by atoms with van der Waals surface area (Å²) in [7, 11) is 3.22. The molecule has 2 aromatic carbocycles. The molecule has 0 radical (unpaired) electrons. The van der Waals surface area contributed by atoms with E-state index in [-0.39, 0.29) is 11.8 Å². The van der Waals surface area contributed by atoms with Crippen molar-refractivity contribution in [2.24, 2.45) is 0 Å². The van der Waals surface area contributed by atoms with E-state index in [4.69, 9.17) is 14.0 Å². The molecule has 0 N–H and O–H groups in total. The third-order valence-electron chi connectivity index (χ3n) is 5.63. The molecule has 1 fully saturated rings. The van der Waals surface area contributed by atoms with Gasteiger partial charge in [0.2, 0.25) is 5.91 Å². The average Bonchev–Trinajstić information content (AvgIpc) is 3.37. The van der Waals surface area contributed by atoms with Crippen LogP contribution >= 0.6 is 0 Å². The maximum atomic E-state index is 12.6. The van der Waals surface area contributed by atoms with Gasteiger partial charge < -0.3 is 18.9 Å². The topological polar surface area (TPSA) is 77.7 Å². The Morgan fingerprint density at radius 1 is 1.10 bits per heavy atom. The maximum Gasteiger partial charge on any atom is 0.257 e. The van der Waals surface area contributed by atoms with Gasteiger partial charge in [-0.3, -0.25) is 4.79 Å². The number of carbonyl (C=O) groups is 1. The summed E-state index contributed by atoms with van der Waals surface area (Å²) in [5.41, 5.74) is 4.20. The van der Waals surface area contributed by atoms with E-state index in [2.05, 4.69) is 24.0 Å². The van der Waals surface area contributed by atoms with Crippen molar-refractivity contribution < 1.29 is 18.8 Å². The molecule has 1 amide bonds. The van der Waals surface area contributed by atoms with E-state index >= 15 is 0 Å². The molecule has 0 spiro atoms. The zero-order valence-electron chi connectivity index (χ0n) is 17.6. The quantitative estimate of drug-likeness (QED) is 0.617. The number of rotatable bonds is 6. The van der Waals surface area contributed by atoms with Gasteiger partial charge in [-0.05, 0) is 49.2 Å². The van der Waals surface area contributed by atoms with E-state index in [1.807, 2.05) is 36.4 Å².